The third-order valence-electron chi connectivity index (χ3n) is 5.90. The summed E-state index contributed by atoms with van der Waals surface area (Å²) in [4.78, 5) is 0. The van der Waals surface area contributed by atoms with E-state index >= 15 is 0 Å². The number of rotatable bonds is 12. The van der Waals surface area contributed by atoms with E-state index < -0.39 is 8.32 Å². The van der Waals surface area contributed by atoms with Gasteiger partial charge in [0.25, 0.3) is 0 Å². The number of hydrogen-bond donors (Lipinski definition) is 0. The van der Waals surface area contributed by atoms with Crippen LogP contribution < -0.4 is 9.47 Å². The molecule has 1 rings (SSSR count). The highest BCUT2D eigenvalue weighted by molar-refractivity contribution is 6.74. The fraction of sp³-hybridized carbons (Fsp3) is 0.615. The SMILES string of the molecule is COCOc1c(C/C=C(/C)CCC=C(C)C)cc(CO[Si](C)(C)C(C)(C)C)cc1OC. The lowest BCUT2D eigenvalue weighted by Gasteiger charge is -2.36. The molecule has 0 amide bonds. The van der Waals surface area contributed by atoms with Crippen LogP contribution >= 0.6 is 0 Å². The second kappa shape index (κ2) is 12.5. The lowest BCUT2D eigenvalue weighted by Crippen LogP contribution is -2.40. The normalized spacial score (nSPS) is 12.6. The number of hydrogen-bond acceptors (Lipinski definition) is 4. The molecule has 0 saturated carbocycles. The van der Waals surface area contributed by atoms with Gasteiger partial charge in [0, 0.05) is 12.7 Å². The van der Waals surface area contributed by atoms with Crippen molar-refractivity contribution in [1.82, 2.24) is 0 Å². The largest absolute Gasteiger partial charge is 0.493 e. The predicted octanol–water partition coefficient (Wildman–Crippen LogP) is 7.43. The highest BCUT2D eigenvalue weighted by atomic mass is 28.4. The maximum absolute atomic E-state index is 6.45. The molecule has 1 aromatic rings. The van der Waals surface area contributed by atoms with Gasteiger partial charge in [-0.1, -0.05) is 44.1 Å². The van der Waals surface area contributed by atoms with E-state index in [0.29, 0.717) is 6.61 Å². The Morgan fingerprint density at radius 1 is 1.03 bits per heavy atom. The first-order valence-corrected chi connectivity index (χ1v) is 14.1. The molecule has 0 aliphatic carbocycles. The topological polar surface area (TPSA) is 36.9 Å². The monoisotopic (exact) mass is 448 g/mol. The summed E-state index contributed by atoms with van der Waals surface area (Å²) in [6.07, 6.45) is 7.48. The molecule has 0 spiro atoms. The molecule has 0 radical (unpaired) electrons. The van der Waals surface area contributed by atoms with Crippen molar-refractivity contribution in [2.24, 2.45) is 0 Å². The second-order valence-corrected chi connectivity index (χ2v) is 14.8. The van der Waals surface area contributed by atoms with Crippen LogP contribution in [-0.4, -0.2) is 29.3 Å². The zero-order chi connectivity index (χ0) is 23.7. The molecular formula is C26H44O4Si. The lowest BCUT2D eigenvalue weighted by atomic mass is 10.0. The van der Waals surface area contributed by atoms with E-state index in [0.717, 1.165) is 41.9 Å². The maximum atomic E-state index is 6.45. The van der Waals surface area contributed by atoms with E-state index in [2.05, 4.69) is 72.9 Å². The summed E-state index contributed by atoms with van der Waals surface area (Å²) < 4.78 is 23.2. The van der Waals surface area contributed by atoms with Crippen molar-refractivity contribution in [3.63, 3.8) is 0 Å². The van der Waals surface area contributed by atoms with Gasteiger partial charge in [0.05, 0.1) is 13.7 Å². The Morgan fingerprint density at radius 2 is 1.71 bits per heavy atom. The number of benzene rings is 1. The fourth-order valence-electron chi connectivity index (χ4n) is 2.85. The molecule has 31 heavy (non-hydrogen) atoms. The van der Waals surface area contributed by atoms with Crippen molar-refractivity contribution in [2.75, 3.05) is 21.0 Å². The van der Waals surface area contributed by atoms with Gasteiger partial charge in [0.15, 0.2) is 26.6 Å². The molecule has 0 heterocycles. The van der Waals surface area contributed by atoms with Crippen LogP contribution in [0.2, 0.25) is 18.1 Å². The van der Waals surface area contributed by atoms with E-state index in [9.17, 15) is 0 Å². The molecule has 0 aliphatic rings. The molecule has 0 aromatic heterocycles. The van der Waals surface area contributed by atoms with Gasteiger partial charge in [-0.3, -0.25) is 0 Å². The van der Waals surface area contributed by atoms with E-state index in [1.165, 1.54) is 11.1 Å². The van der Waals surface area contributed by atoms with Crippen LogP contribution in [0.5, 0.6) is 11.5 Å². The standard InChI is InChI=1S/C26H44O4Si/c1-20(2)12-11-13-21(3)14-15-23-16-22(18-30-31(9,10)26(4,5)6)17-24(28-8)25(23)29-19-27-7/h12,14,16-17H,11,13,15,18-19H2,1-10H3/b21-14-. The average Bonchev–Trinajstić information content (AvgIpc) is 2.68. The second-order valence-electron chi connectivity index (χ2n) is 9.96. The van der Waals surface area contributed by atoms with Crippen LogP contribution in [0.3, 0.4) is 0 Å². The zero-order valence-electron chi connectivity index (χ0n) is 21.5. The summed E-state index contributed by atoms with van der Waals surface area (Å²) in [7, 11) is 1.47. The molecule has 0 bridgehead atoms. The summed E-state index contributed by atoms with van der Waals surface area (Å²) in [5.74, 6) is 1.47. The van der Waals surface area contributed by atoms with Crippen molar-refractivity contribution < 1.29 is 18.6 Å². The van der Waals surface area contributed by atoms with Crippen LogP contribution in [0, 0.1) is 0 Å². The Morgan fingerprint density at radius 3 is 2.26 bits per heavy atom. The highest BCUT2D eigenvalue weighted by Gasteiger charge is 2.37. The van der Waals surface area contributed by atoms with Gasteiger partial charge in [0.1, 0.15) is 0 Å². The summed E-state index contributed by atoms with van der Waals surface area (Å²) in [5.41, 5.74) is 4.93. The quantitative estimate of drug-likeness (QED) is 0.189. The average molecular weight is 449 g/mol. The maximum Gasteiger partial charge on any atom is 0.192 e. The van der Waals surface area contributed by atoms with Gasteiger partial charge < -0.3 is 18.6 Å². The molecule has 0 unspecified atom stereocenters. The molecule has 0 aliphatic heterocycles. The molecule has 176 valence electrons. The molecular weight excluding hydrogens is 404 g/mol. The highest BCUT2D eigenvalue weighted by Crippen LogP contribution is 2.38. The minimum absolute atomic E-state index is 0.173. The molecule has 1 aromatic carbocycles. The van der Waals surface area contributed by atoms with Crippen LogP contribution in [0.25, 0.3) is 0 Å². The summed E-state index contributed by atoms with van der Waals surface area (Å²) in [6, 6.07) is 4.20. The smallest absolute Gasteiger partial charge is 0.192 e. The molecule has 0 N–H and O–H groups in total. The number of allylic oxidation sites excluding steroid dienone is 4. The first-order chi connectivity index (χ1) is 14.4. The van der Waals surface area contributed by atoms with Crippen LogP contribution in [0.15, 0.2) is 35.4 Å². The van der Waals surface area contributed by atoms with Crippen molar-refractivity contribution in [1.29, 1.82) is 0 Å². The van der Waals surface area contributed by atoms with E-state index in [-0.39, 0.29) is 11.8 Å². The van der Waals surface area contributed by atoms with Crippen LogP contribution in [0.1, 0.15) is 65.5 Å². The third kappa shape index (κ3) is 9.22. The summed E-state index contributed by atoms with van der Waals surface area (Å²) >= 11 is 0. The van der Waals surface area contributed by atoms with Gasteiger partial charge >= 0.3 is 0 Å². The molecule has 0 fully saturated rings. The Labute approximate surface area is 191 Å². The van der Waals surface area contributed by atoms with E-state index in [1.807, 2.05) is 6.07 Å². The van der Waals surface area contributed by atoms with E-state index in [1.54, 1.807) is 14.2 Å². The molecule has 0 saturated heterocycles. The van der Waals surface area contributed by atoms with E-state index in [4.69, 9.17) is 18.6 Å². The Kier molecular flexibility index (Phi) is 11.0. The minimum Gasteiger partial charge on any atom is -0.493 e. The third-order valence-corrected chi connectivity index (χ3v) is 10.4. The fourth-order valence-corrected chi connectivity index (χ4v) is 3.81. The predicted molar refractivity (Wildman–Crippen MR) is 134 cm³/mol. The van der Waals surface area contributed by atoms with Gasteiger partial charge in [-0.05, 0) is 75.9 Å². The van der Waals surface area contributed by atoms with Gasteiger partial charge in [-0.2, -0.15) is 0 Å². The molecule has 0 atom stereocenters. The van der Waals surface area contributed by atoms with Gasteiger partial charge in [-0.25, -0.2) is 0 Å². The number of ether oxygens (including phenoxy) is 3. The minimum atomic E-state index is -1.84. The van der Waals surface area contributed by atoms with Crippen molar-refractivity contribution in [3.8, 4) is 11.5 Å². The first kappa shape index (κ1) is 27.5. The van der Waals surface area contributed by atoms with Gasteiger partial charge in [0.2, 0.25) is 0 Å². The Bertz CT molecular complexity index is 753. The van der Waals surface area contributed by atoms with Crippen molar-refractivity contribution >= 4 is 8.32 Å². The first-order valence-electron chi connectivity index (χ1n) is 11.2. The number of methoxy groups -OCH3 is 2. The van der Waals surface area contributed by atoms with Gasteiger partial charge in [-0.15, -0.1) is 0 Å². The van der Waals surface area contributed by atoms with Crippen molar-refractivity contribution in [3.05, 3.63) is 46.6 Å². The molecule has 4 nitrogen and oxygen atoms in total. The zero-order valence-corrected chi connectivity index (χ0v) is 22.5. The summed E-state index contributed by atoms with van der Waals surface area (Å²) in [5, 5.41) is 0.173. The van der Waals surface area contributed by atoms with Crippen LogP contribution in [-0.2, 0) is 22.2 Å². The molecule has 5 heteroatoms. The summed E-state index contributed by atoms with van der Waals surface area (Å²) in [6.45, 7) is 18.6. The Balaban J connectivity index is 3.14. The Hall–Kier alpha value is -1.56. The lowest BCUT2D eigenvalue weighted by molar-refractivity contribution is 0.0485. The van der Waals surface area contributed by atoms with Crippen LogP contribution in [0.4, 0.5) is 0 Å². The van der Waals surface area contributed by atoms with Crippen molar-refractivity contribution in [2.45, 2.75) is 85.5 Å².